The lowest BCUT2D eigenvalue weighted by molar-refractivity contribution is -0.121. The molecule has 2 aromatic heterocycles. The van der Waals surface area contributed by atoms with E-state index < -0.39 is 36.2 Å². The van der Waals surface area contributed by atoms with Crippen molar-refractivity contribution in [3.63, 3.8) is 0 Å². The van der Waals surface area contributed by atoms with E-state index in [-0.39, 0.29) is 23.7 Å². The number of nitrogen functional groups attached to an aromatic ring is 1. The number of aliphatic hydroxyl groups excluding tert-OH is 2. The van der Waals surface area contributed by atoms with E-state index in [4.69, 9.17) is 20.9 Å². The second kappa shape index (κ2) is 5.54. The van der Waals surface area contributed by atoms with Crippen molar-refractivity contribution in [2.75, 3.05) is 26.0 Å². The Hall–Kier alpha value is -2.05. The van der Waals surface area contributed by atoms with E-state index in [1.54, 1.807) is 0 Å². The first-order valence-electron chi connectivity index (χ1n) is 6.89. The third-order valence-corrected chi connectivity index (χ3v) is 4.10. The first-order valence-corrected chi connectivity index (χ1v) is 6.89. The molecule has 11 nitrogen and oxygen atoms in total. The van der Waals surface area contributed by atoms with Gasteiger partial charge in [-0.05, 0) is 0 Å². The van der Waals surface area contributed by atoms with Crippen molar-refractivity contribution in [1.29, 1.82) is 0 Å². The standard InChI is InChI=1S/C12H18N6O5/c1-22-6-7(20)12(2-13,3-19)23-10(6)18-4-15-5-8(18)16-11(14)17-9(5)21/h4,6-7,10,19-20H,2-3,13H2,1H3,(H3,14,16,17,21)/t6-,7+,10-,12-/m1/s1. The summed E-state index contributed by atoms with van der Waals surface area (Å²) in [6.45, 7) is -0.617. The number of rotatable bonds is 4. The SMILES string of the molecule is CO[C@H]1[C@H](n2cnc3c(=O)[nH]c(N)nc32)O[C@](CN)(CO)[C@H]1O. The third kappa shape index (κ3) is 2.21. The topological polar surface area (TPSA) is 175 Å². The van der Waals surface area contributed by atoms with Crippen molar-refractivity contribution in [2.45, 2.75) is 24.0 Å². The summed E-state index contributed by atoms with van der Waals surface area (Å²) < 4.78 is 12.5. The van der Waals surface area contributed by atoms with Crippen molar-refractivity contribution in [3.05, 3.63) is 16.7 Å². The second-order valence-corrected chi connectivity index (χ2v) is 5.36. The Balaban J connectivity index is 2.13. The number of anilines is 1. The number of aromatic nitrogens is 4. The molecule has 3 rings (SSSR count). The minimum Gasteiger partial charge on any atom is -0.393 e. The average Bonchev–Trinajstić information content (AvgIpc) is 3.06. The number of hydrogen-bond acceptors (Lipinski definition) is 9. The number of nitrogens with zero attached hydrogens (tertiary/aromatic N) is 3. The third-order valence-electron chi connectivity index (χ3n) is 4.10. The van der Waals surface area contributed by atoms with Gasteiger partial charge in [0.05, 0.1) is 12.9 Å². The summed E-state index contributed by atoms with van der Waals surface area (Å²) in [6, 6.07) is 0. The normalized spacial score (nSPS) is 31.0. The molecule has 126 valence electrons. The van der Waals surface area contributed by atoms with Gasteiger partial charge in [-0.25, -0.2) is 4.98 Å². The van der Waals surface area contributed by atoms with E-state index >= 15 is 0 Å². The smallest absolute Gasteiger partial charge is 0.280 e. The number of H-pyrrole nitrogens is 1. The van der Waals surface area contributed by atoms with Crippen LogP contribution in [0.3, 0.4) is 0 Å². The number of nitrogens with one attached hydrogen (secondary N) is 1. The Labute approximate surface area is 129 Å². The molecule has 0 saturated carbocycles. The van der Waals surface area contributed by atoms with Crippen LogP contribution in [0.2, 0.25) is 0 Å². The van der Waals surface area contributed by atoms with Gasteiger partial charge >= 0.3 is 0 Å². The number of aromatic amines is 1. The Morgan fingerprint density at radius 1 is 1.61 bits per heavy atom. The molecule has 0 unspecified atom stereocenters. The fourth-order valence-electron chi connectivity index (χ4n) is 2.79. The first kappa shape index (κ1) is 15.8. The molecular formula is C12H18N6O5. The Kier molecular flexibility index (Phi) is 3.82. The fraction of sp³-hybridized carbons (Fsp3) is 0.583. The predicted octanol–water partition coefficient (Wildman–Crippen LogP) is -2.70. The zero-order valence-electron chi connectivity index (χ0n) is 12.3. The quantitative estimate of drug-likeness (QED) is 0.400. The molecule has 4 atom stereocenters. The van der Waals surface area contributed by atoms with Crippen molar-refractivity contribution in [2.24, 2.45) is 5.73 Å². The predicted molar refractivity (Wildman–Crippen MR) is 78.4 cm³/mol. The van der Waals surface area contributed by atoms with Gasteiger partial charge in [0.25, 0.3) is 5.56 Å². The monoisotopic (exact) mass is 326 g/mol. The molecule has 3 heterocycles. The van der Waals surface area contributed by atoms with Crippen LogP contribution in [0.25, 0.3) is 11.2 Å². The van der Waals surface area contributed by atoms with Gasteiger partial charge in [0.2, 0.25) is 5.95 Å². The maximum atomic E-state index is 11.9. The van der Waals surface area contributed by atoms with Gasteiger partial charge in [-0.2, -0.15) is 4.98 Å². The van der Waals surface area contributed by atoms with Gasteiger partial charge in [-0.15, -0.1) is 0 Å². The molecule has 2 aromatic rings. The molecule has 23 heavy (non-hydrogen) atoms. The zero-order valence-corrected chi connectivity index (χ0v) is 12.3. The molecule has 0 spiro atoms. The highest BCUT2D eigenvalue weighted by atomic mass is 16.6. The largest absolute Gasteiger partial charge is 0.393 e. The van der Waals surface area contributed by atoms with E-state index in [2.05, 4.69) is 15.0 Å². The number of methoxy groups -OCH3 is 1. The summed E-state index contributed by atoms with van der Waals surface area (Å²) in [5.74, 6) is -0.0796. The molecule has 0 bridgehead atoms. The highest BCUT2D eigenvalue weighted by Crippen LogP contribution is 2.38. The number of ether oxygens (including phenoxy) is 2. The lowest BCUT2D eigenvalue weighted by Gasteiger charge is -2.28. The van der Waals surface area contributed by atoms with Crippen LogP contribution in [0, 0.1) is 0 Å². The zero-order chi connectivity index (χ0) is 16.8. The van der Waals surface area contributed by atoms with E-state index in [0.29, 0.717) is 0 Å². The molecule has 1 saturated heterocycles. The molecular weight excluding hydrogens is 308 g/mol. The number of nitrogens with two attached hydrogens (primary N) is 2. The van der Waals surface area contributed by atoms with Crippen molar-refractivity contribution in [3.8, 4) is 0 Å². The minimum absolute atomic E-state index is 0.0707. The maximum absolute atomic E-state index is 11.9. The van der Waals surface area contributed by atoms with Crippen LogP contribution in [0.5, 0.6) is 0 Å². The number of imidazole rings is 1. The average molecular weight is 326 g/mol. The van der Waals surface area contributed by atoms with E-state index in [0.717, 1.165) is 0 Å². The summed E-state index contributed by atoms with van der Waals surface area (Å²) >= 11 is 0. The molecule has 0 amide bonds. The molecule has 0 aliphatic carbocycles. The van der Waals surface area contributed by atoms with E-state index in [1.807, 2.05) is 0 Å². The Morgan fingerprint density at radius 2 is 2.35 bits per heavy atom. The summed E-state index contributed by atoms with van der Waals surface area (Å²) in [4.78, 5) is 22.2. The van der Waals surface area contributed by atoms with Crippen LogP contribution >= 0.6 is 0 Å². The van der Waals surface area contributed by atoms with Crippen LogP contribution < -0.4 is 17.0 Å². The Morgan fingerprint density at radius 3 is 2.96 bits per heavy atom. The van der Waals surface area contributed by atoms with Crippen LogP contribution in [-0.4, -0.2) is 67.8 Å². The highest BCUT2D eigenvalue weighted by Gasteiger charge is 2.55. The summed E-state index contributed by atoms with van der Waals surface area (Å²) in [5.41, 5.74) is 9.58. The van der Waals surface area contributed by atoms with Crippen molar-refractivity contribution in [1.82, 2.24) is 19.5 Å². The molecule has 1 fully saturated rings. The highest BCUT2D eigenvalue weighted by molar-refractivity contribution is 5.70. The maximum Gasteiger partial charge on any atom is 0.280 e. The van der Waals surface area contributed by atoms with Crippen LogP contribution in [-0.2, 0) is 9.47 Å². The van der Waals surface area contributed by atoms with Gasteiger partial charge in [0, 0.05) is 13.7 Å². The molecule has 0 aromatic carbocycles. The lowest BCUT2D eigenvalue weighted by Crippen LogP contribution is -2.52. The van der Waals surface area contributed by atoms with Crippen LogP contribution in [0.15, 0.2) is 11.1 Å². The van der Waals surface area contributed by atoms with E-state index in [9.17, 15) is 15.0 Å². The second-order valence-electron chi connectivity index (χ2n) is 5.36. The summed E-state index contributed by atoms with van der Waals surface area (Å²) in [7, 11) is 1.39. The Bertz CT molecular complexity index is 769. The summed E-state index contributed by atoms with van der Waals surface area (Å²) in [5, 5.41) is 20.0. The fourth-order valence-corrected chi connectivity index (χ4v) is 2.79. The van der Waals surface area contributed by atoms with Gasteiger partial charge < -0.3 is 31.2 Å². The van der Waals surface area contributed by atoms with Gasteiger partial charge in [-0.1, -0.05) is 0 Å². The molecule has 1 aliphatic heterocycles. The minimum atomic E-state index is -1.38. The van der Waals surface area contributed by atoms with Crippen molar-refractivity contribution < 1.29 is 19.7 Å². The molecule has 7 N–H and O–H groups in total. The molecule has 0 radical (unpaired) electrons. The van der Waals surface area contributed by atoms with Gasteiger partial charge in [0.15, 0.2) is 17.4 Å². The molecule has 1 aliphatic rings. The number of hydrogen-bond donors (Lipinski definition) is 5. The number of aliphatic hydroxyl groups is 2. The number of fused-ring (bicyclic) bond motifs is 1. The van der Waals surface area contributed by atoms with Gasteiger partial charge in [0.1, 0.15) is 17.8 Å². The van der Waals surface area contributed by atoms with Crippen LogP contribution in [0.1, 0.15) is 6.23 Å². The van der Waals surface area contributed by atoms with Gasteiger partial charge in [-0.3, -0.25) is 14.3 Å². The van der Waals surface area contributed by atoms with Crippen LogP contribution in [0.4, 0.5) is 5.95 Å². The summed E-state index contributed by atoms with van der Waals surface area (Å²) in [6.07, 6.45) is -1.57. The van der Waals surface area contributed by atoms with E-state index in [1.165, 1.54) is 18.0 Å². The van der Waals surface area contributed by atoms with Crippen molar-refractivity contribution >= 4 is 17.1 Å². The molecule has 11 heteroatoms. The first-order chi connectivity index (χ1) is 11.0. The lowest BCUT2D eigenvalue weighted by atomic mass is 9.96.